The molecule has 0 aliphatic rings. The van der Waals surface area contributed by atoms with Crippen molar-refractivity contribution in [2.45, 2.75) is 17.8 Å². The molecule has 0 fully saturated rings. The molecule has 1 N–H and O–H groups in total. The van der Waals surface area contributed by atoms with Gasteiger partial charge in [-0.3, -0.25) is 0 Å². The molecule has 1 aromatic carbocycles. The summed E-state index contributed by atoms with van der Waals surface area (Å²) in [5, 5.41) is 8.20. The number of benzene rings is 1. The summed E-state index contributed by atoms with van der Waals surface area (Å²) in [4.78, 5) is 0. The van der Waals surface area contributed by atoms with Crippen LogP contribution < -0.4 is 0 Å². The van der Waals surface area contributed by atoms with Crippen LogP contribution in [0.4, 0.5) is 0 Å². The van der Waals surface area contributed by atoms with Crippen LogP contribution in [0.2, 0.25) is 0 Å². The van der Waals surface area contributed by atoms with Crippen molar-refractivity contribution in [1.82, 2.24) is 0 Å². The van der Waals surface area contributed by atoms with Gasteiger partial charge in [-0.2, -0.15) is 0 Å². The minimum atomic E-state index is -0.622. The first kappa shape index (κ1) is 8.79. The van der Waals surface area contributed by atoms with Gasteiger partial charge in [0.15, 0.2) is 0 Å². The van der Waals surface area contributed by atoms with E-state index in [1.54, 1.807) is 0 Å². The van der Waals surface area contributed by atoms with Gasteiger partial charge < -0.3 is 0 Å². The van der Waals surface area contributed by atoms with Gasteiger partial charge in [0.25, 0.3) is 0 Å². The van der Waals surface area contributed by atoms with E-state index in [0.29, 0.717) is 6.42 Å². The summed E-state index contributed by atoms with van der Waals surface area (Å²) in [6.07, 6.45) is 1.52. The van der Waals surface area contributed by atoms with Crippen LogP contribution in [-0.4, -0.2) is 10.1 Å². The van der Waals surface area contributed by atoms with Crippen molar-refractivity contribution in [3.8, 4) is 0 Å². The summed E-state index contributed by atoms with van der Waals surface area (Å²) in [7, 11) is 0. The maximum atomic E-state index is 8.82. The second kappa shape index (κ2) is 4.55. The van der Waals surface area contributed by atoms with Gasteiger partial charge in [0.1, 0.15) is 0 Å². The quantitative estimate of drug-likeness (QED) is 0.730. The van der Waals surface area contributed by atoms with Crippen LogP contribution in [0.3, 0.4) is 0 Å². The molecular formula is C9H11CuO. The first-order chi connectivity index (χ1) is 5.29. The van der Waals surface area contributed by atoms with Gasteiger partial charge in [-0.05, 0) is 0 Å². The molecule has 1 atom stereocenters. The van der Waals surface area contributed by atoms with Crippen molar-refractivity contribution >= 4 is 0 Å². The Morgan fingerprint density at radius 3 is 2.45 bits per heavy atom. The fraction of sp³-hybridized carbons (Fsp3) is 0.333. The molecule has 0 radical (unpaired) electrons. The van der Waals surface area contributed by atoms with Gasteiger partial charge in [-0.1, -0.05) is 0 Å². The zero-order chi connectivity index (χ0) is 8.10. The molecule has 0 aliphatic heterocycles. The van der Waals surface area contributed by atoms with Crippen LogP contribution in [0.25, 0.3) is 0 Å². The molecule has 2 heteroatoms. The Morgan fingerprint density at radius 1 is 1.27 bits per heavy atom. The second-order valence-corrected chi connectivity index (χ2v) is 3.04. The molecule has 0 saturated heterocycles. The predicted molar refractivity (Wildman–Crippen MR) is 40.8 cm³/mol. The molecule has 0 amide bonds. The van der Waals surface area contributed by atoms with Crippen LogP contribution in [0.5, 0.6) is 0 Å². The molecule has 64 valence electrons. The first-order valence-corrected chi connectivity index (χ1v) is 4.15. The van der Waals surface area contributed by atoms with Crippen molar-refractivity contribution in [1.29, 1.82) is 0 Å². The summed E-state index contributed by atoms with van der Waals surface area (Å²) in [5.41, 5.74) is 1.23. The molecular weight excluding hydrogens is 188 g/mol. The van der Waals surface area contributed by atoms with Crippen LogP contribution in [0.15, 0.2) is 30.3 Å². The predicted octanol–water partition coefficient (Wildman–Crippen LogP) is 1.48. The van der Waals surface area contributed by atoms with Crippen molar-refractivity contribution in [2.75, 3.05) is 0 Å². The average Bonchev–Trinajstić information content (AvgIpc) is 2.03. The van der Waals surface area contributed by atoms with Gasteiger partial charge in [0.2, 0.25) is 0 Å². The molecule has 0 aromatic heterocycles. The SMILES string of the molecule is O[CH]([Cu])CCc1ccccc1. The Kier molecular flexibility index (Phi) is 3.64. The molecule has 0 bridgehead atoms. The molecule has 1 nitrogen and oxygen atoms in total. The fourth-order valence-corrected chi connectivity index (χ4v) is 1.06. The van der Waals surface area contributed by atoms with Crippen LogP contribution in [-0.2, 0) is 22.4 Å². The van der Waals surface area contributed by atoms with Crippen molar-refractivity contribution in [3.63, 3.8) is 0 Å². The average molecular weight is 199 g/mol. The van der Waals surface area contributed by atoms with Gasteiger partial charge in [0, 0.05) is 0 Å². The van der Waals surface area contributed by atoms with Crippen LogP contribution in [0.1, 0.15) is 12.0 Å². The van der Waals surface area contributed by atoms with E-state index in [4.69, 9.17) is 21.1 Å². The van der Waals surface area contributed by atoms with Gasteiger partial charge in [-0.15, -0.1) is 0 Å². The number of aliphatic hydroxyl groups excluding tert-OH is 1. The zero-order valence-electron chi connectivity index (χ0n) is 6.13. The Morgan fingerprint density at radius 2 is 1.91 bits per heavy atom. The summed E-state index contributed by atoms with van der Waals surface area (Å²) in [6.45, 7) is 0. The summed E-state index contributed by atoms with van der Waals surface area (Å²) in [6, 6.07) is 10.0. The third-order valence-corrected chi connectivity index (χ3v) is 1.76. The zero-order valence-corrected chi connectivity index (χ0v) is 7.07. The normalized spacial score (nSPS) is 13.0. The molecule has 0 heterocycles. The van der Waals surface area contributed by atoms with E-state index in [0.717, 1.165) is 6.42 Å². The number of rotatable bonds is 3. The number of aryl methyl sites for hydroxylation is 1. The molecule has 1 rings (SSSR count). The van der Waals surface area contributed by atoms with E-state index >= 15 is 0 Å². The van der Waals surface area contributed by atoms with E-state index in [9.17, 15) is 0 Å². The Bertz CT molecular complexity index is 196. The van der Waals surface area contributed by atoms with E-state index in [-0.39, 0.29) is 0 Å². The standard InChI is InChI=1S/C9H11O.Cu/c10-8-4-7-9-5-2-1-3-6-9;/h1-3,5-6,8,10H,4,7H2;. The van der Waals surface area contributed by atoms with Crippen LogP contribution in [0, 0.1) is 0 Å². The number of aliphatic hydroxyl groups is 1. The fourth-order valence-electron chi connectivity index (χ4n) is 0.919. The Balaban J connectivity index is 2.39. The molecule has 0 aliphatic carbocycles. The monoisotopic (exact) mass is 198 g/mol. The van der Waals surface area contributed by atoms with Crippen LogP contribution >= 0.6 is 0 Å². The van der Waals surface area contributed by atoms with E-state index in [1.807, 2.05) is 30.3 Å². The van der Waals surface area contributed by atoms with Crippen molar-refractivity contribution in [3.05, 3.63) is 35.9 Å². The second-order valence-electron chi connectivity index (χ2n) is 2.41. The van der Waals surface area contributed by atoms with E-state index in [2.05, 4.69) is 0 Å². The van der Waals surface area contributed by atoms with Gasteiger partial charge >= 0.3 is 74.9 Å². The molecule has 0 saturated carbocycles. The number of hydrogen-bond acceptors (Lipinski definition) is 1. The summed E-state index contributed by atoms with van der Waals surface area (Å²) in [5.74, 6) is 0. The number of hydrogen-bond donors (Lipinski definition) is 1. The Labute approximate surface area is 75.3 Å². The molecule has 1 unspecified atom stereocenters. The van der Waals surface area contributed by atoms with E-state index in [1.165, 1.54) is 5.56 Å². The summed E-state index contributed by atoms with van der Waals surface area (Å²) >= 11 is 4.77. The molecule has 1 aromatic rings. The molecule has 11 heavy (non-hydrogen) atoms. The summed E-state index contributed by atoms with van der Waals surface area (Å²) < 4.78 is 0. The van der Waals surface area contributed by atoms with Crippen molar-refractivity contribution in [2.24, 2.45) is 0 Å². The third-order valence-electron chi connectivity index (χ3n) is 1.49. The Hall–Kier alpha value is -0.301. The minimum absolute atomic E-state index is 0.622. The van der Waals surface area contributed by atoms with Crippen molar-refractivity contribution < 1.29 is 21.1 Å². The van der Waals surface area contributed by atoms with E-state index < -0.39 is 5.00 Å². The first-order valence-electron chi connectivity index (χ1n) is 3.60. The van der Waals surface area contributed by atoms with Gasteiger partial charge in [0.05, 0.1) is 0 Å². The van der Waals surface area contributed by atoms with Gasteiger partial charge in [-0.25, -0.2) is 0 Å². The maximum absolute atomic E-state index is 8.82. The topological polar surface area (TPSA) is 20.2 Å². The third kappa shape index (κ3) is 3.57. The molecule has 0 spiro atoms.